The van der Waals surface area contributed by atoms with Gasteiger partial charge in [0.05, 0.1) is 0 Å². The van der Waals surface area contributed by atoms with Crippen molar-refractivity contribution in [1.82, 2.24) is 5.32 Å². The van der Waals surface area contributed by atoms with Crippen LogP contribution in [0.25, 0.3) is 0 Å². The second-order valence-electron chi connectivity index (χ2n) is 3.15. The highest BCUT2D eigenvalue weighted by Crippen LogP contribution is 2.22. The molecule has 0 radical (unpaired) electrons. The van der Waals surface area contributed by atoms with Crippen molar-refractivity contribution in [2.45, 2.75) is 0 Å². The van der Waals surface area contributed by atoms with Gasteiger partial charge in [0.25, 0.3) is 5.91 Å². The fourth-order valence-corrected chi connectivity index (χ4v) is 1.23. The summed E-state index contributed by atoms with van der Waals surface area (Å²) in [7, 11) is 0. The molecule has 1 aromatic rings. The van der Waals surface area contributed by atoms with Crippen molar-refractivity contribution in [3.8, 4) is 5.75 Å². The van der Waals surface area contributed by atoms with Crippen LogP contribution in [0.4, 0.5) is 4.79 Å². The van der Waals surface area contributed by atoms with E-state index in [2.05, 4.69) is 10.5 Å². The summed E-state index contributed by atoms with van der Waals surface area (Å²) < 4.78 is 4.55. The standard InChI is InChI=1S/C10H9ClN2O5/c11-5-1-2-7(14)6(3-5)9(16)18-4-8(15)13-10(12)17/h1-3,14H,4H2,(H3,12,13,15,17). The van der Waals surface area contributed by atoms with E-state index in [1.807, 2.05) is 0 Å². The molecule has 18 heavy (non-hydrogen) atoms. The molecule has 0 bridgehead atoms. The lowest BCUT2D eigenvalue weighted by atomic mass is 10.2. The van der Waals surface area contributed by atoms with E-state index in [0.29, 0.717) is 0 Å². The maximum atomic E-state index is 11.5. The number of imide groups is 1. The van der Waals surface area contributed by atoms with Crippen LogP contribution in [0.1, 0.15) is 10.4 Å². The maximum Gasteiger partial charge on any atom is 0.342 e. The summed E-state index contributed by atoms with van der Waals surface area (Å²) in [6, 6.07) is 2.72. The number of phenols is 1. The number of halogens is 1. The Balaban J connectivity index is 2.63. The molecule has 0 aliphatic carbocycles. The predicted molar refractivity (Wildman–Crippen MR) is 61.1 cm³/mol. The van der Waals surface area contributed by atoms with Gasteiger partial charge in [-0.3, -0.25) is 10.1 Å². The van der Waals surface area contributed by atoms with Crippen LogP contribution in [-0.2, 0) is 9.53 Å². The van der Waals surface area contributed by atoms with Gasteiger partial charge in [-0.1, -0.05) is 11.6 Å². The second kappa shape index (κ2) is 5.87. The fourth-order valence-electron chi connectivity index (χ4n) is 1.05. The average molecular weight is 273 g/mol. The summed E-state index contributed by atoms with van der Waals surface area (Å²) >= 11 is 5.63. The molecule has 1 rings (SSSR count). The van der Waals surface area contributed by atoms with Gasteiger partial charge in [0, 0.05) is 5.02 Å². The Morgan fingerprint density at radius 3 is 2.67 bits per heavy atom. The van der Waals surface area contributed by atoms with Crippen LogP contribution in [0.3, 0.4) is 0 Å². The summed E-state index contributed by atoms with van der Waals surface area (Å²) in [4.78, 5) is 32.7. The number of carbonyl (C=O) groups excluding carboxylic acids is 3. The first-order chi connectivity index (χ1) is 8.40. The van der Waals surface area contributed by atoms with Crippen LogP contribution in [0.5, 0.6) is 5.75 Å². The summed E-state index contributed by atoms with van der Waals surface area (Å²) in [5, 5.41) is 11.3. The van der Waals surface area contributed by atoms with E-state index in [1.54, 1.807) is 5.32 Å². The molecule has 3 amide bonds. The van der Waals surface area contributed by atoms with Crippen LogP contribution < -0.4 is 11.1 Å². The van der Waals surface area contributed by atoms with E-state index in [9.17, 15) is 19.5 Å². The van der Waals surface area contributed by atoms with Crippen LogP contribution in [0.15, 0.2) is 18.2 Å². The van der Waals surface area contributed by atoms with Crippen molar-refractivity contribution in [3.63, 3.8) is 0 Å². The van der Waals surface area contributed by atoms with Gasteiger partial charge in [0.2, 0.25) is 0 Å². The largest absolute Gasteiger partial charge is 0.507 e. The number of phenolic OH excluding ortho intramolecular Hbond substituents is 1. The van der Waals surface area contributed by atoms with Gasteiger partial charge in [0.1, 0.15) is 11.3 Å². The van der Waals surface area contributed by atoms with E-state index in [4.69, 9.17) is 11.6 Å². The molecule has 0 saturated carbocycles. The highest BCUT2D eigenvalue weighted by molar-refractivity contribution is 6.31. The molecule has 0 aromatic heterocycles. The van der Waals surface area contributed by atoms with Gasteiger partial charge in [0.15, 0.2) is 6.61 Å². The normalized spacial score (nSPS) is 9.61. The lowest BCUT2D eigenvalue weighted by Gasteiger charge is -2.06. The molecule has 8 heteroatoms. The summed E-state index contributed by atoms with van der Waals surface area (Å²) in [5.74, 6) is -2.16. The highest BCUT2D eigenvalue weighted by Gasteiger charge is 2.15. The minimum absolute atomic E-state index is 0.186. The molecular weight excluding hydrogens is 264 g/mol. The number of amides is 3. The number of hydrogen-bond donors (Lipinski definition) is 3. The van der Waals surface area contributed by atoms with E-state index in [0.717, 1.165) is 0 Å². The SMILES string of the molecule is NC(=O)NC(=O)COC(=O)c1cc(Cl)ccc1O. The zero-order chi connectivity index (χ0) is 13.7. The lowest BCUT2D eigenvalue weighted by Crippen LogP contribution is -2.37. The third-order valence-corrected chi connectivity index (χ3v) is 2.01. The summed E-state index contributed by atoms with van der Waals surface area (Å²) in [6.45, 7) is -0.701. The topological polar surface area (TPSA) is 119 Å². The molecular formula is C10H9ClN2O5. The minimum atomic E-state index is -1.05. The van der Waals surface area contributed by atoms with Crippen LogP contribution in [0.2, 0.25) is 5.02 Å². The van der Waals surface area contributed by atoms with Crippen molar-refractivity contribution in [2.75, 3.05) is 6.61 Å². The van der Waals surface area contributed by atoms with Gasteiger partial charge in [-0.05, 0) is 18.2 Å². The molecule has 0 fully saturated rings. The van der Waals surface area contributed by atoms with Crippen molar-refractivity contribution in [1.29, 1.82) is 0 Å². The Morgan fingerprint density at radius 2 is 2.06 bits per heavy atom. The molecule has 96 valence electrons. The van der Waals surface area contributed by atoms with Crippen molar-refractivity contribution in [2.24, 2.45) is 5.73 Å². The van der Waals surface area contributed by atoms with Crippen molar-refractivity contribution in [3.05, 3.63) is 28.8 Å². The summed E-state index contributed by atoms with van der Waals surface area (Å²) in [6.07, 6.45) is 0. The van der Waals surface area contributed by atoms with Crippen LogP contribution in [-0.4, -0.2) is 29.6 Å². The van der Waals surface area contributed by atoms with E-state index < -0.39 is 24.5 Å². The maximum absolute atomic E-state index is 11.5. The Morgan fingerprint density at radius 1 is 1.39 bits per heavy atom. The number of urea groups is 1. The number of nitrogens with two attached hydrogens (primary N) is 1. The predicted octanol–water partition coefficient (Wildman–Crippen LogP) is 0.397. The quantitative estimate of drug-likeness (QED) is 0.688. The molecule has 0 saturated heterocycles. The smallest absolute Gasteiger partial charge is 0.342 e. The fraction of sp³-hybridized carbons (Fsp3) is 0.100. The van der Waals surface area contributed by atoms with Crippen molar-refractivity contribution >= 4 is 29.5 Å². The van der Waals surface area contributed by atoms with Crippen molar-refractivity contribution < 1.29 is 24.2 Å². The van der Waals surface area contributed by atoms with Crippen LogP contribution in [0, 0.1) is 0 Å². The number of hydrogen-bond acceptors (Lipinski definition) is 5. The van der Waals surface area contributed by atoms with Gasteiger partial charge < -0.3 is 15.6 Å². The second-order valence-corrected chi connectivity index (χ2v) is 3.59. The first kappa shape index (κ1) is 13.8. The molecule has 4 N–H and O–H groups in total. The number of primary amides is 1. The van der Waals surface area contributed by atoms with Crippen LogP contribution >= 0.6 is 11.6 Å². The molecule has 0 aliphatic rings. The molecule has 0 unspecified atom stereocenters. The number of carbonyl (C=O) groups is 3. The molecule has 0 heterocycles. The van der Waals surface area contributed by atoms with E-state index >= 15 is 0 Å². The number of nitrogens with one attached hydrogen (secondary N) is 1. The molecule has 0 spiro atoms. The number of esters is 1. The minimum Gasteiger partial charge on any atom is -0.507 e. The lowest BCUT2D eigenvalue weighted by molar-refractivity contribution is -0.123. The average Bonchev–Trinajstić information content (AvgIpc) is 2.28. The first-order valence-electron chi connectivity index (χ1n) is 4.65. The monoisotopic (exact) mass is 272 g/mol. The van der Waals surface area contributed by atoms with Gasteiger partial charge in [-0.2, -0.15) is 0 Å². The number of rotatable bonds is 3. The number of benzene rings is 1. The third-order valence-electron chi connectivity index (χ3n) is 1.78. The van der Waals surface area contributed by atoms with E-state index in [1.165, 1.54) is 18.2 Å². The molecule has 0 atom stereocenters. The first-order valence-corrected chi connectivity index (χ1v) is 5.03. The molecule has 0 aliphatic heterocycles. The zero-order valence-corrected chi connectivity index (χ0v) is 9.73. The van der Waals surface area contributed by atoms with Gasteiger partial charge in [-0.15, -0.1) is 0 Å². The van der Waals surface area contributed by atoms with Gasteiger partial charge in [-0.25, -0.2) is 9.59 Å². The number of aromatic hydroxyl groups is 1. The highest BCUT2D eigenvalue weighted by atomic mass is 35.5. The molecule has 7 nitrogen and oxygen atoms in total. The third kappa shape index (κ3) is 3.95. The Kier molecular flexibility index (Phi) is 4.50. The van der Waals surface area contributed by atoms with Gasteiger partial charge >= 0.3 is 12.0 Å². The zero-order valence-electron chi connectivity index (χ0n) is 8.97. The number of ether oxygens (including phenoxy) is 1. The summed E-state index contributed by atoms with van der Waals surface area (Å²) in [5.41, 5.74) is 4.50. The Hall–Kier alpha value is -2.28. The molecule has 1 aromatic carbocycles. The Labute approximate surface area is 106 Å². The van der Waals surface area contributed by atoms with E-state index in [-0.39, 0.29) is 16.3 Å². The Bertz CT molecular complexity index is 503.